The molecule has 0 saturated carbocycles. The lowest BCUT2D eigenvalue weighted by atomic mass is 9.96. The van der Waals surface area contributed by atoms with Crippen molar-refractivity contribution in [1.29, 1.82) is 0 Å². The van der Waals surface area contributed by atoms with Crippen molar-refractivity contribution in [3.05, 3.63) is 65.2 Å². The van der Waals surface area contributed by atoms with Crippen molar-refractivity contribution in [3.8, 4) is 0 Å². The van der Waals surface area contributed by atoms with E-state index in [0.717, 1.165) is 68.8 Å². The van der Waals surface area contributed by atoms with Gasteiger partial charge in [0.25, 0.3) is 5.56 Å². The average Bonchev–Trinajstić information content (AvgIpc) is 2.89. The molecule has 0 radical (unpaired) electrons. The second kappa shape index (κ2) is 12.0. The molecule has 2 aliphatic heterocycles. The normalized spacial score (nSPS) is 16.8. The minimum Gasteiger partial charge on any atom is -0.368 e. The highest BCUT2D eigenvalue weighted by molar-refractivity contribution is 5.88. The number of amides is 1. The van der Waals surface area contributed by atoms with E-state index in [0.29, 0.717) is 24.1 Å². The van der Waals surface area contributed by atoms with Gasteiger partial charge in [0.1, 0.15) is 11.6 Å². The molecule has 3 aromatic rings. The Bertz CT molecular complexity index is 1370. The first-order chi connectivity index (χ1) is 18.9. The summed E-state index contributed by atoms with van der Waals surface area (Å²) in [5, 5.41) is 4.20. The number of hydrogen-bond donors (Lipinski definition) is 1. The van der Waals surface area contributed by atoms with E-state index in [1.165, 1.54) is 0 Å². The van der Waals surface area contributed by atoms with E-state index < -0.39 is 0 Å². The summed E-state index contributed by atoms with van der Waals surface area (Å²) in [6.45, 7) is 6.90. The number of aromatic nitrogens is 3. The Balaban J connectivity index is 1.21. The van der Waals surface area contributed by atoms with Crippen LogP contribution in [0.3, 0.4) is 0 Å². The second-order valence-corrected chi connectivity index (χ2v) is 10.8. The maximum absolute atomic E-state index is 12.8. The van der Waals surface area contributed by atoms with Crippen molar-refractivity contribution in [1.82, 2.24) is 29.2 Å². The first-order valence-corrected chi connectivity index (χ1v) is 13.6. The van der Waals surface area contributed by atoms with Crippen LogP contribution >= 0.6 is 0 Å². The van der Waals surface area contributed by atoms with Crippen molar-refractivity contribution in [2.45, 2.75) is 13.0 Å². The molecule has 10 nitrogen and oxygen atoms in total. The SMILES string of the molecule is CN(C)C/C=C/C(=O)N1CC(CCn2c(=O)ccc3cnc(Nc4ccc(N5CCN(C)CC5)cn4)cc32)C1. The number of piperazine rings is 1. The largest absolute Gasteiger partial charge is 0.368 e. The molecule has 0 spiro atoms. The molecule has 5 heterocycles. The lowest BCUT2D eigenvalue weighted by molar-refractivity contribution is -0.132. The molecule has 1 N–H and O–H groups in total. The number of carbonyl (C=O) groups excluding carboxylic acids is 1. The van der Waals surface area contributed by atoms with Crippen molar-refractivity contribution < 1.29 is 4.79 Å². The lowest BCUT2D eigenvalue weighted by Crippen LogP contribution is -2.49. The number of fused-ring (bicyclic) bond motifs is 1. The third-order valence-corrected chi connectivity index (χ3v) is 7.51. The average molecular weight is 531 g/mol. The van der Waals surface area contributed by atoms with Gasteiger partial charge in [-0.05, 0) is 51.7 Å². The highest BCUT2D eigenvalue weighted by atomic mass is 16.2. The number of likely N-dealkylation sites (tertiary alicyclic amines) is 1. The Morgan fingerprint density at radius 2 is 1.82 bits per heavy atom. The molecule has 2 aliphatic rings. The number of aryl methyl sites for hydroxylation is 1. The zero-order valence-corrected chi connectivity index (χ0v) is 23.1. The number of likely N-dealkylation sites (N-methyl/N-ethyl adjacent to an activating group) is 2. The van der Waals surface area contributed by atoms with E-state index in [-0.39, 0.29) is 11.5 Å². The summed E-state index contributed by atoms with van der Waals surface area (Å²) in [6, 6.07) is 9.39. The molecule has 0 aromatic carbocycles. The summed E-state index contributed by atoms with van der Waals surface area (Å²) in [5.41, 5.74) is 1.93. The van der Waals surface area contributed by atoms with E-state index in [4.69, 9.17) is 0 Å². The van der Waals surface area contributed by atoms with Crippen LogP contribution in [-0.2, 0) is 11.3 Å². The molecule has 0 bridgehead atoms. The summed E-state index contributed by atoms with van der Waals surface area (Å²) in [6.07, 6.45) is 8.07. The minimum absolute atomic E-state index is 0.0341. The Morgan fingerprint density at radius 3 is 2.54 bits per heavy atom. The van der Waals surface area contributed by atoms with E-state index in [1.54, 1.807) is 18.3 Å². The topological polar surface area (TPSA) is 89.8 Å². The van der Waals surface area contributed by atoms with E-state index in [1.807, 2.05) is 58.9 Å². The van der Waals surface area contributed by atoms with Gasteiger partial charge in [-0.2, -0.15) is 0 Å². The summed E-state index contributed by atoms with van der Waals surface area (Å²) < 4.78 is 1.81. The Labute approximate surface area is 229 Å². The van der Waals surface area contributed by atoms with Crippen LogP contribution in [0.5, 0.6) is 0 Å². The van der Waals surface area contributed by atoms with E-state index in [9.17, 15) is 9.59 Å². The molecule has 2 fully saturated rings. The molecule has 0 aliphatic carbocycles. The van der Waals surface area contributed by atoms with Gasteiger partial charge in [-0.3, -0.25) is 9.59 Å². The molecular formula is C29H38N8O2. The smallest absolute Gasteiger partial charge is 0.251 e. The summed E-state index contributed by atoms with van der Waals surface area (Å²) in [5.74, 6) is 1.80. The van der Waals surface area contributed by atoms with Gasteiger partial charge in [-0.25, -0.2) is 9.97 Å². The minimum atomic E-state index is -0.0341. The number of carbonyl (C=O) groups is 1. The van der Waals surface area contributed by atoms with Crippen molar-refractivity contribution in [2.24, 2.45) is 5.92 Å². The van der Waals surface area contributed by atoms with Crippen molar-refractivity contribution in [2.75, 3.05) is 77.2 Å². The van der Waals surface area contributed by atoms with E-state index in [2.05, 4.69) is 38.2 Å². The molecule has 39 heavy (non-hydrogen) atoms. The Morgan fingerprint density at radius 1 is 1.05 bits per heavy atom. The van der Waals surface area contributed by atoms with Gasteiger partial charge in [-0.15, -0.1) is 0 Å². The van der Waals surface area contributed by atoms with Crippen molar-refractivity contribution >= 4 is 34.1 Å². The Hall–Kier alpha value is -3.76. The fourth-order valence-corrected chi connectivity index (χ4v) is 5.04. The molecule has 206 valence electrons. The maximum atomic E-state index is 12.8. The number of pyridine rings is 3. The molecule has 0 atom stereocenters. The van der Waals surface area contributed by atoms with Crippen LogP contribution in [0.15, 0.2) is 59.7 Å². The van der Waals surface area contributed by atoms with Gasteiger partial charge in [-0.1, -0.05) is 6.08 Å². The van der Waals surface area contributed by atoms with Crippen molar-refractivity contribution in [3.63, 3.8) is 0 Å². The third kappa shape index (κ3) is 6.63. The van der Waals surface area contributed by atoms with Gasteiger partial charge in [0.15, 0.2) is 0 Å². The van der Waals surface area contributed by atoms with Crippen LogP contribution in [0, 0.1) is 5.92 Å². The highest BCUT2D eigenvalue weighted by Crippen LogP contribution is 2.23. The van der Waals surface area contributed by atoms with Gasteiger partial charge < -0.3 is 29.5 Å². The first-order valence-electron chi connectivity index (χ1n) is 13.6. The van der Waals surface area contributed by atoms with E-state index >= 15 is 0 Å². The van der Waals surface area contributed by atoms with Gasteiger partial charge in [0.05, 0.1) is 17.4 Å². The molecule has 2 saturated heterocycles. The molecule has 1 amide bonds. The summed E-state index contributed by atoms with van der Waals surface area (Å²) in [7, 11) is 6.10. The van der Waals surface area contributed by atoms with Crippen LogP contribution in [0.1, 0.15) is 6.42 Å². The number of hydrogen-bond acceptors (Lipinski definition) is 8. The molecular weight excluding hydrogens is 492 g/mol. The molecule has 3 aromatic heterocycles. The van der Waals surface area contributed by atoms with Gasteiger partial charge in [0.2, 0.25) is 5.91 Å². The van der Waals surface area contributed by atoms with Gasteiger partial charge in [0, 0.05) is 82.1 Å². The second-order valence-electron chi connectivity index (χ2n) is 10.8. The molecule has 10 heteroatoms. The predicted octanol–water partition coefficient (Wildman–Crippen LogP) is 2.25. The van der Waals surface area contributed by atoms with Crippen LogP contribution < -0.4 is 15.8 Å². The summed E-state index contributed by atoms with van der Waals surface area (Å²) in [4.78, 5) is 42.8. The highest BCUT2D eigenvalue weighted by Gasteiger charge is 2.29. The van der Waals surface area contributed by atoms with Crippen LogP contribution in [0.4, 0.5) is 17.3 Å². The first kappa shape index (κ1) is 26.8. The lowest BCUT2D eigenvalue weighted by Gasteiger charge is -2.39. The fourth-order valence-electron chi connectivity index (χ4n) is 5.04. The zero-order chi connectivity index (χ0) is 27.4. The molecule has 5 rings (SSSR count). The molecule has 0 unspecified atom stereocenters. The third-order valence-electron chi connectivity index (χ3n) is 7.51. The van der Waals surface area contributed by atoms with Crippen LogP contribution in [-0.4, -0.2) is 102 Å². The monoisotopic (exact) mass is 530 g/mol. The standard InChI is InChI=1S/C29H38N8O2/c1-33(2)11-4-5-28(38)36-20-22(21-36)10-12-37-25-17-27(30-18-23(25)6-9-29(37)39)32-26-8-7-24(19-31-26)35-15-13-34(3)14-16-35/h4-9,17-19,22H,10-16,20-21H2,1-3H3,(H,30,31,32)/b5-4+. The number of anilines is 3. The zero-order valence-electron chi connectivity index (χ0n) is 23.1. The maximum Gasteiger partial charge on any atom is 0.251 e. The summed E-state index contributed by atoms with van der Waals surface area (Å²) >= 11 is 0. The van der Waals surface area contributed by atoms with Crippen LogP contribution in [0.25, 0.3) is 10.9 Å². The number of rotatable bonds is 9. The number of nitrogens with zero attached hydrogens (tertiary/aromatic N) is 7. The number of nitrogens with one attached hydrogen (secondary N) is 1. The van der Waals surface area contributed by atoms with Gasteiger partial charge >= 0.3 is 0 Å². The Kier molecular flexibility index (Phi) is 8.23. The van der Waals surface area contributed by atoms with Crippen LogP contribution in [0.2, 0.25) is 0 Å². The fraction of sp³-hybridized carbons (Fsp3) is 0.448. The quantitative estimate of drug-likeness (QED) is 0.422. The predicted molar refractivity (Wildman–Crippen MR) is 156 cm³/mol.